The molecule has 0 radical (unpaired) electrons. The minimum atomic E-state index is -0.188. The highest BCUT2D eigenvalue weighted by Gasteiger charge is 2.01. The molecule has 0 heterocycles. The van der Waals surface area contributed by atoms with E-state index in [-0.39, 0.29) is 18.4 Å². The lowest BCUT2D eigenvalue weighted by Crippen LogP contribution is -2.32. The molecule has 1 atom stereocenters. The topological polar surface area (TPSA) is 97.9 Å². The van der Waals surface area contributed by atoms with Crippen LogP contribution in [0.25, 0.3) is 0 Å². The molecule has 134 valence electrons. The molecule has 0 spiro atoms. The van der Waals surface area contributed by atoms with Gasteiger partial charge in [-0.05, 0) is 21.8 Å². The van der Waals surface area contributed by atoms with Crippen LogP contribution in [0.3, 0.4) is 0 Å². The molecule has 0 aromatic heterocycles. The van der Waals surface area contributed by atoms with Crippen molar-refractivity contribution < 1.29 is 23.9 Å². The van der Waals surface area contributed by atoms with E-state index in [1.54, 1.807) is 6.92 Å². The van der Waals surface area contributed by atoms with E-state index in [9.17, 15) is 9.59 Å². The van der Waals surface area contributed by atoms with E-state index in [0.717, 1.165) is 6.16 Å². The second-order valence-electron chi connectivity index (χ2n) is 4.53. The molecule has 0 saturated heterocycles. The molecule has 0 fully saturated rings. The minimum absolute atomic E-state index is 0.00792. The van der Waals surface area contributed by atoms with Gasteiger partial charge in [-0.15, -0.1) is 0 Å². The van der Waals surface area contributed by atoms with Crippen LogP contribution < -0.4 is 15.9 Å². The fraction of sp³-hybridized carbons (Fsp3) is 0.714. The van der Waals surface area contributed by atoms with Crippen LogP contribution >= 0.6 is 8.73 Å². The Balaban J connectivity index is 3.22. The van der Waals surface area contributed by atoms with Crippen molar-refractivity contribution in [3.63, 3.8) is 0 Å². The zero-order valence-electron chi connectivity index (χ0n) is 13.9. The average molecular weight is 349 g/mol. The van der Waals surface area contributed by atoms with E-state index in [4.69, 9.17) is 14.3 Å². The van der Waals surface area contributed by atoms with E-state index in [1.807, 2.05) is 6.92 Å². The molecule has 0 aliphatic carbocycles. The highest BCUT2D eigenvalue weighted by Crippen LogP contribution is 1.98. The van der Waals surface area contributed by atoms with Crippen molar-refractivity contribution in [3.05, 3.63) is 12.2 Å². The Morgan fingerprint density at radius 1 is 1.04 bits per heavy atom. The van der Waals surface area contributed by atoms with Crippen LogP contribution in [0.2, 0.25) is 0 Å². The molecule has 0 bridgehead atoms. The molecule has 1 unspecified atom stereocenters. The van der Waals surface area contributed by atoms with Gasteiger partial charge < -0.3 is 20.1 Å². The first-order chi connectivity index (χ1) is 11.1. The van der Waals surface area contributed by atoms with E-state index in [0.29, 0.717) is 53.8 Å². The van der Waals surface area contributed by atoms with Gasteiger partial charge in [-0.2, -0.15) is 5.25 Å². The van der Waals surface area contributed by atoms with Gasteiger partial charge in [-0.1, -0.05) is 13.5 Å². The molecule has 0 aliphatic rings. The number of carbonyl (C=O) groups excluding carboxylic acids is 2. The van der Waals surface area contributed by atoms with E-state index < -0.39 is 0 Å². The van der Waals surface area contributed by atoms with Crippen LogP contribution in [-0.4, -0.2) is 64.1 Å². The van der Waals surface area contributed by atoms with E-state index in [1.165, 1.54) is 0 Å². The van der Waals surface area contributed by atoms with Gasteiger partial charge in [-0.25, -0.2) is 0 Å². The molecule has 8 nitrogen and oxygen atoms in total. The molecule has 0 rings (SSSR count). The lowest BCUT2D eigenvalue weighted by molar-refractivity contribution is -0.127. The second kappa shape index (κ2) is 15.8. The van der Waals surface area contributed by atoms with Crippen LogP contribution in [0.1, 0.15) is 13.8 Å². The lowest BCUT2D eigenvalue weighted by atomic mass is 10.3. The van der Waals surface area contributed by atoms with Crippen molar-refractivity contribution >= 4 is 20.5 Å². The molecule has 3 N–H and O–H groups in total. The summed E-state index contributed by atoms with van der Waals surface area (Å²) in [6, 6.07) is 0. The van der Waals surface area contributed by atoms with Gasteiger partial charge >= 0.3 is 0 Å². The minimum Gasteiger partial charge on any atom is -0.377 e. The monoisotopic (exact) mass is 349 g/mol. The number of nitrogens with one attached hydrogen (secondary N) is 3. The van der Waals surface area contributed by atoms with Crippen molar-refractivity contribution in [2.45, 2.75) is 13.8 Å². The highest BCUT2D eigenvalue weighted by molar-refractivity contribution is 7.35. The van der Waals surface area contributed by atoms with E-state index >= 15 is 0 Å². The molecule has 0 aromatic carbocycles. The summed E-state index contributed by atoms with van der Waals surface area (Å²) in [6.07, 6.45) is 0.970. The highest BCUT2D eigenvalue weighted by atomic mass is 31.1. The first-order valence-electron chi connectivity index (χ1n) is 7.53. The zero-order valence-corrected chi connectivity index (χ0v) is 14.9. The van der Waals surface area contributed by atoms with Gasteiger partial charge in [0.05, 0.1) is 26.4 Å². The Bertz CT molecular complexity index is 355. The standard InChI is InChI=1S/C14H28N3O5P/c1-4-23-17-22-11-13(18)15-5-7-20-9-10-21-8-6-16-14(19)12(2)3/h17,23H,2,4-11H2,1,3H3,(H,15,18)(H,16,19). The molecule has 2 amide bonds. The predicted molar refractivity (Wildman–Crippen MR) is 90.4 cm³/mol. The maximum Gasteiger partial charge on any atom is 0.248 e. The van der Waals surface area contributed by atoms with Crippen LogP contribution in [0.4, 0.5) is 0 Å². The quantitative estimate of drug-likeness (QED) is 0.166. The number of hydrogen-bond acceptors (Lipinski definition) is 6. The number of hydrogen-bond donors (Lipinski definition) is 3. The summed E-state index contributed by atoms with van der Waals surface area (Å²) in [5.41, 5.74) is 0.474. The van der Waals surface area contributed by atoms with Crippen molar-refractivity contribution in [2.75, 3.05) is 52.3 Å². The fourth-order valence-electron chi connectivity index (χ4n) is 1.25. The molecule has 0 aromatic rings. The second-order valence-corrected chi connectivity index (χ2v) is 5.80. The Morgan fingerprint density at radius 3 is 2.22 bits per heavy atom. The van der Waals surface area contributed by atoms with Crippen LogP contribution in [0.15, 0.2) is 12.2 Å². The third-order valence-corrected chi connectivity index (χ3v) is 3.03. The Labute approximate surface area is 139 Å². The number of amides is 2. The Kier molecular flexibility index (Phi) is 15.1. The molecule has 0 aliphatic heterocycles. The van der Waals surface area contributed by atoms with Gasteiger partial charge in [-0.3, -0.25) is 14.4 Å². The Hall–Kier alpha value is -1.05. The van der Waals surface area contributed by atoms with Gasteiger partial charge in [0.15, 0.2) is 0 Å². The average Bonchev–Trinajstić information content (AvgIpc) is 2.53. The summed E-state index contributed by atoms with van der Waals surface area (Å²) < 4.78 is 10.6. The van der Waals surface area contributed by atoms with Gasteiger partial charge in [0, 0.05) is 18.7 Å². The third kappa shape index (κ3) is 15.6. The van der Waals surface area contributed by atoms with Crippen molar-refractivity contribution in [3.8, 4) is 0 Å². The number of carbonyl (C=O) groups is 2. The number of rotatable bonds is 15. The van der Waals surface area contributed by atoms with E-state index in [2.05, 4.69) is 22.5 Å². The molecular formula is C14H28N3O5P. The predicted octanol–water partition coefficient (Wildman–Crippen LogP) is -0.0373. The van der Waals surface area contributed by atoms with Crippen LogP contribution in [-0.2, 0) is 23.9 Å². The lowest BCUT2D eigenvalue weighted by Gasteiger charge is -2.08. The summed E-state index contributed by atoms with van der Waals surface area (Å²) in [5.74, 6) is -0.360. The van der Waals surface area contributed by atoms with Crippen molar-refractivity contribution in [1.29, 1.82) is 0 Å². The summed E-state index contributed by atoms with van der Waals surface area (Å²) in [5, 5.41) is 8.04. The normalized spacial score (nSPS) is 10.9. The van der Waals surface area contributed by atoms with Gasteiger partial charge in [0.1, 0.15) is 6.61 Å². The number of ether oxygens (including phenoxy) is 2. The summed E-state index contributed by atoms with van der Waals surface area (Å²) in [6.45, 7) is 9.75. The van der Waals surface area contributed by atoms with Crippen molar-refractivity contribution in [1.82, 2.24) is 15.9 Å². The van der Waals surface area contributed by atoms with Crippen LogP contribution in [0.5, 0.6) is 0 Å². The molecule has 9 heteroatoms. The largest absolute Gasteiger partial charge is 0.377 e. The van der Waals surface area contributed by atoms with Gasteiger partial charge in [0.25, 0.3) is 0 Å². The maximum atomic E-state index is 11.3. The summed E-state index contributed by atoms with van der Waals surface area (Å²) in [4.78, 5) is 27.4. The smallest absolute Gasteiger partial charge is 0.248 e. The first kappa shape index (κ1) is 21.9. The summed E-state index contributed by atoms with van der Waals surface area (Å²) in [7, 11) is 0.495. The molecule has 0 saturated carbocycles. The van der Waals surface area contributed by atoms with Crippen molar-refractivity contribution in [2.24, 2.45) is 0 Å². The summed E-state index contributed by atoms with van der Waals surface area (Å²) >= 11 is 0. The zero-order chi connectivity index (χ0) is 17.3. The first-order valence-corrected chi connectivity index (χ1v) is 8.74. The van der Waals surface area contributed by atoms with Crippen LogP contribution in [0, 0.1) is 0 Å². The third-order valence-electron chi connectivity index (χ3n) is 2.38. The Morgan fingerprint density at radius 2 is 1.65 bits per heavy atom. The van der Waals surface area contributed by atoms with Gasteiger partial charge in [0.2, 0.25) is 11.8 Å². The molecular weight excluding hydrogens is 321 g/mol. The fourth-order valence-corrected chi connectivity index (χ4v) is 1.57. The maximum absolute atomic E-state index is 11.3. The molecule has 23 heavy (non-hydrogen) atoms. The SMILES string of the molecule is C=C(C)C(=O)NCCOCCOCCNC(=O)CONPCC.